The van der Waals surface area contributed by atoms with E-state index in [1.165, 1.54) is 0 Å². The van der Waals surface area contributed by atoms with Crippen molar-refractivity contribution < 1.29 is 9.53 Å². The van der Waals surface area contributed by atoms with Gasteiger partial charge in [0.15, 0.2) is 0 Å². The molecule has 0 spiro atoms. The lowest BCUT2D eigenvalue weighted by atomic mass is 9.91. The maximum absolute atomic E-state index is 12.7. The average Bonchev–Trinajstić information content (AvgIpc) is 2.95. The van der Waals surface area contributed by atoms with Crippen molar-refractivity contribution in [2.24, 2.45) is 7.05 Å². The molecule has 0 aliphatic rings. The number of carbonyl (C=O) groups excluding carboxylic acids is 1. The van der Waals surface area contributed by atoms with Crippen molar-refractivity contribution in [1.82, 2.24) is 14.8 Å². The van der Waals surface area contributed by atoms with Gasteiger partial charge in [-0.1, -0.05) is 20.8 Å². The molecule has 0 fully saturated rings. The highest BCUT2D eigenvalue weighted by Gasteiger charge is 2.20. The summed E-state index contributed by atoms with van der Waals surface area (Å²) in [4.78, 5) is 28.0. The Morgan fingerprint density at radius 2 is 1.79 bits per heavy atom. The van der Waals surface area contributed by atoms with Crippen molar-refractivity contribution >= 4 is 11.7 Å². The highest BCUT2D eigenvalue weighted by molar-refractivity contribution is 6.04. The number of rotatable bonds is 4. The standard InChI is InChI=1S/C22H26N4O3/c1-13-18(14-7-9-15(29-6)10-8-14)25-26(5)19(13)24-21(28)16-11-12-17(22(2,3)4)23-20(16)27/h7-12H,1-6H3,(H,23,27)(H,24,28). The molecule has 152 valence electrons. The van der Waals surface area contributed by atoms with Crippen molar-refractivity contribution in [1.29, 1.82) is 0 Å². The number of hydrogen-bond acceptors (Lipinski definition) is 4. The van der Waals surface area contributed by atoms with Gasteiger partial charge in [-0.2, -0.15) is 5.10 Å². The fraction of sp³-hybridized carbons (Fsp3) is 0.318. The van der Waals surface area contributed by atoms with E-state index in [0.717, 1.165) is 28.3 Å². The van der Waals surface area contributed by atoms with Gasteiger partial charge in [0.2, 0.25) is 0 Å². The number of methoxy groups -OCH3 is 1. The maximum atomic E-state index is 12.7. The molecule has 1 amide bonds. The van der Waals surface area contributed by atoms with E-state index in [0.29, 0.717) is 5.82 Å². The SMILES string of the molecule is COc1ccc(-c2nn(C)c(NC(=O)c3ccc(C(C)(C)C)[nH]c3=O)c2C)cc1. The van der Waals surface area contributed by atoms with E-state index in [9.17, 15) is 9.59 Å². The minimum atomic E-state index is -0.473. The molecule has 7 heteroatoms. The van der Waals surface area contributed by atoms with Gasteiger partial charge in [-0.25, -0.2) is 0 Å². The summed E-state index contributed by atoms with van der Waals surface area (Å²) in [5, 5.41) is 7.35. The molecule has 3 rings (SSSR count). The zero-order valence-electron chi connectivity index (χ0n) is 17.6. The maximum Gasteiger partial charge on any atom is 0.262 e. The topological polar surface area (TPSA) is 89.0 Å². The Balaban J connectivity index is 1.90. The number of benzene rings is 1. The van der Waals surface area contributed by atoms with Crippen LogP contribution in [-0.4, -0.2) is 27.8 Å². The molecule has 2 aromatic heterocycles. The molecule has 0 aliphatic heterocycles. The summed E-state index contributed by atoms with van der Waals surface area (Å²) in [7, 11) is 3.37. The third-order valence-corrected chi connectivity index (χ3v) is 4.84. The van der Waals surface area contributed by atoms with Gasteiger partial charge in [0, 0.05) is 29.3 Å². The molecule has 2 N–H and O–H groups in total. The molecule has 0 aliphatic carbocycles. The highest BCUT2D eigenvalue weighted by atomic mass is 16.5. The Labute approximate surface area is 169 Å². The lowest BCUT2D eigenvalue weighted by molar-refractivity contribution is 0.102. The largest absolute Gasteiger partial charge is 0.497 e. The number of amides is 1. The lowest BCUT2D eigenvalue weighted by Gasteiger charge is -2.18. The zero-order valence-corrected chi connectivity index (χ0v) is 17.6. The van der Waals surface area contributed by atoms with Crippen LogP contribution in [-0.2, 0) is 12.5 Å². The van der Waals surface area contributed by atoms with Gasteiger partial charge in [-0.05, 0) is 43.3 Å². The summed E-state index contributed by atoms with van der Waals surface area (Å²) in [5.41, 5.74) is 2.69. The Morgan fingerprint density at radius 1 is 1.14 bits per heavy atom. The Morgan fingerprint density at radius 3 is 2.34 bits per heavy atom. The molecule has 3 aromatic rings. The number of pyridine rings is 1. The normalized spacial score (nSPS) is 11.4. The van der Waals surface area contributed by atoms with E-state index in [1.807, 2.05) is 52.0 Å². The Bertz CT molecular complexity index is 1100. The molecule has 0 atom stereocenters. The second-order valence-electron chi connectivity index (χ2n) is 7.99. The molecule has 29 heavy (non-hydrogen) atoms. The monoisotopic (exact) mass is 394 g/mol. The first-order chi connectivity index (χ1) is 13.6. The number of nitrogens with one attached hydrogen (secondary N) is 2. The van der Waals surface area contributed by atoms with Crippen LogP contribution in [0.3, 0.4) is 0 Å². The quantitative estimate of drug-likeness (QED) is 0.707. The second kappa shape index (κ2) is 7.58. The van der Waals surface area contributed by atoms with E-state index in [2.05, 4.69) is 15.4 Å². The number of anilines is 1. The molecule has 0 saturated heterocycles. The second-order valence-corrected chi connectivity index (χ2v) is 7.99. The summed E-state index contributed by atoms with van der Waals surface area (Å²) in [5.74, 6) is 0.827. The molecule has 0 bridgehead atoms. The van der Waals surface area contributed by atoms with Gasteiger partial charge in [0.25, 0.3) is 11.5 Å². The van der Waals surface area contributed by atoms with Gasteiger partial charge in [-0.15, -0.1) is 0 Å². The van der Waals surface area contributed by atoms with Gasteiger partial charge in [0.1, 0.15) is 17.1 Å². The van der Waals surface area contributed by atoms with Crippen LogP contribution in [0.5, 0.6) is 5.75 Å². The molecule has 7 nitrogen and oxygen atoms in total. The summed E-state index contributed by atoms with van der Waals surface area (Å²) in [6, 6.07) is 10.9. The van der Waals surface area contributed by atoms with Crippen LogP contribution < -0.4 is 15.6 Å². The summed E-state index contributed by atoms with van der Waals surface area (Å²) >= 11 is 0. The minimum absolute atomic E-state index is 0.0598. The molecule has 1 aromatic carbocycles. The van der Waals surface area contributed by atoms with Gasteiger partial charge < -0.3 is 15.0 Å². The predicted octanol–water partition coefficient (Wildman–Crippen LogP) is 3.64. The highest BCUT2D eigenvalue weighted by Crippen LogP contribution is 2.29. The van der Waals surface area contributed by atoms with Crippen molar-refractivity contribution in [2.75, 3.05) is 12.4 Å². The van der Waals surface area contributed by atoms with E-state index in [4.69, 9.17) is 4.74 Å². The average molecular weight is 394 g/mol. The first-order valence-electron chi connectivity index (χ1n) is 9.35. The zero-order chi connectivity index (χ0) is 21.3. The van der Waals surface area contributed by atoms with Crippen molar-refractivity contribution in [3.05, 3.63) is 63.6 Å². The van der Waals surface area contributed by atoms with Crippen LogP contribution in [0.25, 0.3) is 11.3 Å². The Kier molecular flexibility index (Phi) is 5.33. The summed E-state index contributed by atoms with van der Waals surface area (Å²) in [6.45, 7) is 7.88. The number of nitrogens with zero attached hydrogens (tertiary/aromatic N) is 2. The molecular weight excluding hydrogens is 368 g/mol. The number of aromatic amines is 1. The third-order valence-electron chi connectivity index (χ3n) is 4.84. The van der Waals surface area contributed by atoms with Gasteiger partial charge in [-0.3, -0.25) is 14.3 Å². The number of hydrogen-bond donors (Lipinski definition) is 2. The van der Waals surface area contributed by atoms with Gasteiger partial charge in [0.05, 0.1) is 12.8 Å². The fourth-order valence-electron chi connectivity index (χ4n) is 3.09. The number of aryl methyl sites for hydroxylation is 1. The number of carbonyl (C=O) groups is 1. The first kappa shape index (κ1) is 20.4. The third kappa shape index (κ3) is 4.08. The van der Waals surface area contributed by atoms with E-state index < -0.39 is 11.5 Å². The van der Waals surface area contributed by atoms with Crippen LogP contribution in [0, 0.1) is 6.92 Å². The summed E-state index contributed by atoms with van der Waals surface area (Å²) in [6.07, 6.45) is 0. The number of H-pyrrole nitrogens is 1. The molecule has 2 heterocycles. The van der Waals surface area contributed by atoms with E-state index >= 15 is 0 Å². The Hall–Kier alpha value is -3.35. The van der Waals surface area contributed by atoms with Gasteiger partial charge >= 0.3 is 0 Å². The molecule has 0 radical (unpaired) electrons. The van der Waals surface area contributed by atoms with Crippen molar-refractivity contribution in [2.45, 2.75) is 33.1 Å². The van der Waals surface area contributed by atoms with Crippen LogP contribution in [0.4, 0.5) is 5.82 Å². The first-order valence-corrected chi connectivity index (χ1v) is 9.35. The minimum Gasteiger partial charge on any atom is -0.497 e. The molecule has 0 unspecified atom stereocenters. The lowest BCUT2D eigenvalue weighted by Crippen LogP contribution is -2.27. The predicted molar refractivity (Wildman–Crippen MR) is 114 cm³/mol. The van der Waals surface area contributed by atoms with E-state index in [-0.39, 0.29) is 11.0 Å². The van der Waals surface area contributed by atoms with Crippen LogP contribution in [0.2, 0.25) is 0 Å². The smallest absolute Gasteiger partial charge is 0.262 e. The molecule has 0 saturated carbocycles. The van der Waals surface area contributed by atoms with Crippen molar-refractivity contribution in [3.8, 4) is 17.0 Å². The number of ether oxygens (including phenoxy) is 1. The van der Waals surface area contributed by atoms with Crippen LogP contribution >= 0.6 is 0 Å². The fourth-order valence-corrected chi connectivity index (χ4v) is 3.09. The van der Waals surface area contributed by atoms with Crippen molar-refractivity contribution in [3.63, 3.8) is 0 Å². The van der Waals surface area contributed by atoms with Crippen LogP contribution in [0.1, 0.15) is 42.4 Å². The van der Waals surface area contributed by atoms with E-state index in [1.54, 1.807) is 31.0 Å². The summed E-state index contributed by atoms with van der Waals surface area (Å²) < 4.78 is 6.79. The molecular formula is C22H26N4O3. The van der Waals surface area contributed by atoms with Crippen LogP contribution in [0.15, 0.2) is 41.2 Å². The number of aromatic nitrogens is 3.